The Morgan fingerprint density at radius 1 is 1.14 bits per heavy atom. The fourth-order valence-corrected chi connectivity index (χ4v) is 4.53. The van der Waals surface area contributed by atoms with E-state index in [1.54, 1.807) is 0 Å². The van der Waals surface area contributed by atoms with Crippen LogP contribution in [0.1, 0.15) is 37.5 Å². The molecule has 0 bridgehead atoms. The summed E-state index contributed by atoms with van der Waals surface area (Å²) >= 11 is 0. The number of nitrogens with one attached hydrogen (secondary N) is 1. The zero-order chi connectivity index (χ0) is 19.7. The number of nitrogens with zero attached hydrogens (tertiary/aromatic N) is 2. The van der Waals surface area contributed by atoms with Gasteiger partial charge in [-0.2, -0.15) is 0 Å². The van der Waals surface area contributed by atoms with Crippen LogP contribution in [-0.4, -0.2) is 49.6 Å². The van der Waals surface area contributed by atoms with Gasteiger partial charge in [-0.25, -0.2) is 0 Å². The van der Waals surface area contributed by atoms with E-state index in [9.17, 15) is 4.79 Å². The van der Waals surface area contributed by atoms with Crippen LogP contribution < -0.4 is 10.2 Å². The predicted molar refractivity (Wildman–Crippen MR) is 115 cm³/mol. The normalized spacial score (nSPS) is 21.5. The van der Waals surface area contributed by atoms with Crippen molar-refractivity contribution in [3.63, 3.8) is 0 Å². The van der Waals surface area contributed by atoms with Crippen molar-refractivity contribution in [1.82, 2.24) is 10.2 Å². The number of hydrogen-bond donors (Lipinski definition) is 1. The van der Waals surface area contributed by atoms with Crippen molar-refractivity contribution in [1.29, 1.82) is 0 Å². The van der Waals surface area contributed by atoms with Gasteiger partial charge in [0.05, 0.1) is 6.54 Å². The van der Waals surface area contributed by atoms with E-state index in [4.69, 9.17) is 0 Å². The Morgan fingerprint density at radius 2 is 1.93 bits per heavy atom. The minimum absolute atomic E-state index is 0.00693. The Bertz CT molecular complexity index is 846. The second-order valence-corrected chi connectivity index (χ2v) is 8.97. The van der Waals surface area contributed by atoms with E-state index in [1.165, 1.54) is 16.7 Å². The minimum atomic E-state index is -0.00693. The quantitative estimate of drug-likeness (QED) is 0.889. The van der Waals surface area contributed by atoms with E-state index in [2.05, 4.69) is 73.5 Å². The topological polar surface area (TPSA) is 35.6 Å². The average molecular weight is 378 g/mol. The lowest BCUT2D eigenvalue weighted by atomic mass is 9.86. The van der Waals surface area contributed by atoms with Crippen LogP contribution in [0.15, 0.2) is 48.5 Å². The number of carbonyl (C=O) groups excluding carboxylic acids is 1. The SMILES string of the molecule is C[C@@H]1CN(CC(=O)N2CC(C)(C)c3ccc(Cc4ccccc4)cc32)CCN1. The molecular formula is C24H31N3O. The molecule has 4 heteroatoms. The molecule has 1 amide bonds. The molecular weight excluding hydrogens is 346 g/mol. The highest BCUT2D eigenvalue weighted by Gasteiger charge is 2.38. The summed E-state index contributed by atoms with van der Waals surface area (Å²) in [5.74, 6) is 0.220. The number of piperazine rings is 1. The summed E-state index contributed by atoms with van der Waals surface area (Å²) in [7, 11) is 0. The molecule has 0 unspecified atom stereocenters. The molecule has 1 atom stereocenters. The van der Waals surface area contributed by atoms with Crippen LogP contribution in [-0.2, 0) is 16.6 Å². The molecule has 0 spiro atoms. The lowest BCUT2D eigenvalue weighted by molar-refractivity contribution is -0.120. The molecule has 1 N–H and O–H groups in total. The molecule has 0 saturated carbocycles. The second kappa shape index (κ2) is 7.69. The van der Waals surface area contributed by atoms with Gasteiger partial charge in [0.1, 0.15) is 0 Å². The van der Waals surface area contributed by atoms with Crippen molar-refractivity contribution in [3.05, 3.63) is 65.2 Å². The van der Waals surface area contributed by atoms with Gasteiger partial charge in [-0.05, 0) is 36.1 Å². The smallest absolute Gasteiger partial charge is 0.241 e. The van der Waals surface area contributed by atoms with Crippen LogP contribution in [0, 0.1) is 0 Å². The van der Waals surface area contributed by atoms with E-state index in [-0.39, 0.29) is 11.3 Å². The first-order chi connectivity index (χ1) is 13.4. The third-order valence-corrected chi connectivity index (χ3v) is 6.00. The van der Waals surface area contributed by atoms with E-state index in [0.29, 0.717) is 12.6 Å². The molecule has 4 rings (SSSR count). The molecule has 1 saturated heterocycles. The van der Waals surface area contributed by atoms with Gasteiger partial charge in [0.2, 0.25) is 5.91 Å². The highest BCUT2D eigenvalue weighted by Crippen LogP contribution is 2.41. The van der Waals surface area contributed by atoms with Crippen LogP contribution in [0.4, 0.5) is 5.69 Å². The third-order valence-electron chi connectivity index (χ3n) is 6.00. The maximum Gasteiger partial charge on any atom is 0.241 e. The predicted octanol–water partition coefficient (Wildman–Crippen LogP) is 3.20. The monoisotopic (exact) mass is 377 g/mol. The number of hydrogen-bond acceptors (Lipinski definition) is 3. The number of fused-ring (bicyclic) bond motifs is 1. The maximum atomic E-state index is 13.2. The van der Waals surface area contributed by atoms with Gasteiger partial charge < -0.3 is 10.2 Å². The summed E-state index contributed by atoms with van der Waals surface area (Å²) in [5, 5.41) is 3.45. The van der Waals surface area contributed by atoms with Crippen LogP contribution >= 0.6 is 0 Å². The van der Waals surface area contributed by atoms with Crippen LogP contribution in [0.2, 0.25) is 0 Å². The molecule has 2 aromatic carbocycles. The molecule has 2 aliphatic rings. The van der Waals surface area contributed by atoms with Crippen molar-refractivity contribution >= 4 is 11.6 Å². The molecule has 2 heterocycles. The van der Waals surface area contributed by atoms with Gasteiger partial charge in [0.15, 0.2) is 0 Å². The lowest BCUT2D eigenvalue weighted by Gasteiger charge is -2.32. The van der Waals surface area contributed by atoms with Crippen molar-refractivity contribution in [3.8, 4) is 0 Å². The molecule has 1 fully saturated rings. The number of rotatable bonds is 4. The summed E-state index contributed by atoms with van der Waals surface area (Å²) in [6, 6.07) is 17.7. The van der Waals surface area contributed by atoms with Crippen LogP contribution in [0.5, 0.6) is 0 Å². The number of carbonyl (C=O) groups is 1. The van der Waals surface area contributed by atoms with Gasteiger partial charge in [-0.3, -0.25) is 9.69 Å². The Balaban J connectivity index is 1.55. The zero-order valence-electron chi connectivity index (χ0n) is 17.2. The molecule has 2 aliphatic heterocycles. The van der Waals surface area contributed by atoms with Crippen molar-refractivity contribution in [2.75, 3.05) is 37.6 Å². The molecule has 28 heavy (non-hydrogen) atoms. The van der Waals surface area contributed by atoms with Gasteiger partial charge in [-0.15, -0.1) is 0 Å². The van der Waals surface area contributed by atoms with Gasteiger partial charge in [-0.1, -0.05) is 56.3 Å². The molecule has 0 aliphatic carbocycles. The van der Waals surface area contributed by atoms with Crippen LogP contribution in [0.25, 0.3) is 0 Å². The molecule has 0 aromatic heterocycles. The summed E-state index contributed by atoms with van der Waals surface area (Å²) in [5.41, 5.74) is 4.94. The number of benzene rings is 2. The Hall–Kier alpha value is -2.17. The number of amides is 1. The zero-order valence-corrected chi connectivity index (χ0v) is 17.2. The third kappa shape index (κ3) is 3.98. The van der Waals surface area contributed by atoms with E-state index in [0.717, 1.165) is 38.3 Å². The largest absolute Gasteiger partial charge is 0.312 e. The standard InChI is InChI=1S/C24H31N3O/c1-18-15-26(12-11-25-18)16-23(28)27-17-24(2,3)21-10-9-20(14-22(21)27)13-19-7-5-4-6-8-19/h4-10,14,18,25H,11-13,15-17H2,1-3H3/t18-/m1/s1. The van der Waals surface area contributed by atoms with Crippen molar-refractivity contribution in [2.24, 2.45) is 0 Å². The summed E-state index contributed by atoms with van der Waals surface area (Å²) in [6.07, 6.45) is 0.895. The second-order valence-electron chi connectivity index (χ2n) is 8.97. The fraction of sp³-hybridized carbons (Fsp3) is 0.458. The summed E-state index contributed by atoms with van der Waals surface area (Å²) in [4.78, 5) is 17.5. The Kier molecular flexibility index (Phi) is 5.26. The first-order valence-electron chi connectivity index (χ1n) is 10.4. The van der Waals surface area contributed by atoms with Gasteiger partial charge in [0, 0.05) is 43.3 Å². The highest BCUT2D eigenvalue weighted by molar-refractivity contribution is 5.97. The fourth-order valence-electron chi connectivity index (χ4n) is 4.53. The molecule has 4 nitrogen and oxygen atoms in total. The Morgan fingerprint density at radius 3 is 2.68 bits per heavy atom. The Labute approximate surface area is 168 Å². The summed E-state index contributed by atoms with van der Waals surface area (Å²) in [6.45, 7) is 10.8. The highest BCUT2D eigenvalue weighted by atomic mass is 16.2. The van der Waals surface area contributed by atoms with Crippen molar-refractivity contribution in [2.45, 2.75) is 38.6 Å². The minimum Gasteiger partial charge on any atom is -0.312 e. The first kappa shape index (κ1) is 19.2. The molecule has 148 valence electrons. The number of anilines is 1. The van der Waals surface area contributed by atoms with Gasteiger partial charge in [0.25, 0.3) is 0 Å². The lowest BCUT2D eigenvalue weighted by Crippen LogP contribution is -2.52. The summed E-state index contributed by atoms with van der Waals surface area (Å²) < 4.78 is 0. The van der Waals surface area contributed by atoms with E-state index < -0.39 is 0 Å². The van der Waals surface area contributed by atoms with Crippen LogP contribution in [0.3, 0.4) is 0 Å². The first-order valence-corrected chi connectivity index (χ1v) is 10.4. The van der Waals surface area contributed by atoms with E-state index in [1.807, 2.05) is 11.0 Å². The molecule has 2 aromatic rings. The van der Waals surface area contributed by atoms with Crippen molar-refractivity contribution < 1.29 is 4.79 Å². The maximum absolute atomic E-state index is 13.2. The van der Waals surface area contributed by atoms with Gasteiger partial charge >= 0.3 is 0 Å². The average Bonchev–Trinajstić information content (AvgIpc) is 2.93. The van der Waals surface area contributed by atoms with E-state index >= 15 is 0 Å². The molecule has 0 radical (unpaired) electrons.